The van der Waals surface area contributed by atoms with Crippen LogP contribution in [0.4, 0.5) is 5.69 Å². The largest absolute Gasteiger partial charge is 0.468 e. The van der Waals surface area contributed by atoms with Crippen LogP contribution in [0.15, 0.2) is 53.2 Å². The molecule has 0 aliphatic rings. The highest BCUT2D eigenvalue weighted by molar-refractivity contribution is 5.92. The fraction of sp³-hybridized carbons (Fsp3) is 0.235. The van der Waals surface area contributed by atoms with Gasteiger partial charge in [0.2, 0.25) is 5.91 Å². The maximum atomic E-state index is 12.0. The third-order valence-electron chi connectivity index (χ3n) is 3.51. The number of carbonyl (C=O) groups excluding carboxylic acids is 1. The molecule has 1 amide bonds. The topological polar surface area (TPSA) is 88.6 Å². The van der Waals surface area contributed by atoms with Crippen LogP contribution < -0.4 is 5.32 Å². The molecule has 0 aliphatic heterocycles. The summed E-state index contributed by atoms with van der Waals surface area (Å²) in [5.41, 5.74) is 0.344. The van der Waals surface area contributed by atoms with Gasteiger partial charge in [0.1, 0.15) is 5.76 Å². The van der Waals surface area contributed by atoms with Gasteiger partial charge in [0, 0.05) is 18.7 Å². The van der Waals surface area contributed by atoms with Gasteiger partial charge in [0.05, 0.1) is 22.8 Å². The molecule has 1 aromatic heterocycles. The summed E-state index contributed by atoms with van der Waals surface area (Å²) in [6.07, 6.45) is 4.31. The summed E-state index contributed by atoms with van der Waals surface area (Å²) in [7, 11) is 3.78. The van der Waals surface area contributed by atoms with E-state index in [2.05, 4.69) is 5.32 Å². The molecule has 2 aromatic rings. The van der Waals surface area contributed by atoms with E-state index in [1.54, 1.807) is 30.5 Å². The zero-order valence-corrected chi connectivity index (χ0v) is 13.5. The number of furan rings is 1. The number of nitrogens with zero attached hydrogens (tertiary/aromatic N) is 2. The summed E-state index contributed by atoms with van der Waals surface area (Å²) >= 11 is 0. The first kappa shape index (κ1) is 17.4. The summed E-state index contributed by atoms with van der Waals surface area (Å²) in [6, 6.07) is 9.80. The van der Waals surface area contributed by atoms with Crippen LogP contribution in [0.1, 0.15) is 17.4 Å². The van der Waals surface area contributed by atoms with Crippen molar-refractivity contribution in [1.29, 1.82) is 0 Å². The number of benzene rings is 1. The molecule has 0 bridgehead atoms. The number of rotatable bonds is 7. The van der Waals surface area contributed by atoms with Crippen molar-refractivity contribution in [3.05, 3.63) is 70.2 Å². The van der Waals surface area contributed by atoms with Gasteiger partial charge in [0.25, 0.3) is 5.69 Å². The highest BCUT2D eigenvalue weighted by Crippen LogP contribution is 2.19. The molecule has 1 heterocycles. The van der Waals surface area contributed by atoms with Gasteiger partial charge in [0.15, 0.2) is 0 Å². The Balaban J connectivity index is 1.99. The number of hydrogen-bond acceptors (Lipinski definition) is 5. The van der Waals surface area contributed by atoms with Crippen molar-refractivity contribution in [2.75, 3.05) is 20.6 Å². The summed E-state index contributed by atoms with van der Waals surface area (Å²) in [5.74, 6) is 0.425. The van der Waals surface area contributed by atoms with Crippen LogP contribution in [0, 0.1) is 10.1 Å². The van der Waals surface area contributed by atoms with Crippen molar-refractivity contribution in [1.82, 2.24) is 10.2 Å². The second-order valence-corrected chi connectivity index (χ2v) is 5.39. The Morgan fingerprint density at radius 2 is 2.08 bits per heavy atom. The van der Waals surface area contributed by atoms with Crippen LogP contribution in [0.2, 0.25) is 0 Å². The van der Waals surface area contributed by atoms with E-state index in [4.69, 9.17) is 4.42 Å². The molecular weight excluding hydrogens is 310 g/mol. The van der Waals surface area contributed by atoms with E-state index in [0.717, 1.165) is 5.76 Å². The number of para-hydroxylation sites is 1. The van der Waals surface area contributed by atoms with E-state index in [1.807, 2.05) is 25.1 Å². The zero-order valence-electron chi connectivity index (χ0n) is 13.5. The van der Waals surface area contributed by atoms with Gasteiger partial charge >= 0.3 is 0 Å². The maximum absolute atomic E-state index is 12.0. The number of carbonyl (C=O) groups is 1. The quantitative estimate of drug-likeness (QED) is 0.479. The molecule has 126 valence electrons. The van der Waals surface area contributed by atoms with Crippen LogP contribution in [0.25, 0.3) is 6.08 Å². The third-order valence-corrected chi connectivity index (χ3v) is 3.51. The second kappa shape index (κ2) is 8.07. The zero-order chi connectivity index (χ0) is 17.5. The van der Waals surface area contributed by atoms with Crippen LogP contribution in [-0.2, 0) is 4.79 Å². The first-order valence-electron chi connectivity index (χ1n) is 7.38. The molecule has 0 saturated carbocycles. The Morgan fingerprint density at radius 1 is 1.33 bits per heavy atom. The van der Waals surface area contributed by atoms with Gasteiger partial charge in [-0.15, -0.1) is 0 Å². The maximum Gasteiger partial charge on any atom is 0.276 e. The molecule has 1 N–H and O–H groups in total. The molecule has 0 aliphatic carbocycles. The lowest BCUT2D eigenvalue weighted by molar-refractivity contribution is -0.385. The van der Waals surface area contributed by atoms with Gasteiger partial charge in [-0.2, -0.15) is 0 Å². The van der Waals surface area contributed by atoms with E-state index in [-0.39, 0.29) is 17.6 Å². The fourth-order valence-electron chi connectivity index (χ4n) is 2.23. The number of nitro groups is 1. The van der Waals surface area contributed by atoms with Crippen molar-refractivity contribution < 1.29 is 14.1 Å². The molecule has 1 aromatic carbocycles. The van der Waals surface area contributed by atoms with Gasteiger partial charge < -0.3 is 9.73 Å². The summed E-state index contributed by atoms with van der Waals surface area (Å²) in [5, 5.41) is 13.7. The number of amides is 1. The van der Waals surface area contributed by atoms with Gasteiger partial charge in [-0.05, 0) is 38.4 Å². The standard InChI is InChI=1S/C17H19N3O4/c1-19(2)15(16-8-5-11-24-16)12-18-17(21)10-9-13-6-3-4-7-14(13)20(22)23/h3-11,15H,12H2,1-2H3,(H,18,21)/b10-9+. The Bertz CT molecular complexity index is 723. The van der Waals surface area contributed by atoms with Crippen LogP contribution in [0.3, 0.4) is 0 Å². The third kappa shape index (κ3) is 4.53. The first-order valence-corrected chi connectivity index (χ1v) is 7.38. The molecule has 24 heavy (non-hydrogen) atoms. The molecule has 0 spiro atoms. The highest BCUT2D eigenvalue weighted by atomic mass is 16.6. The van der Waals surface area contributed by atoms with Crippen molar-refractivity contribution >= 4 is 17.7 Å². The van der Waals surface area contributed by atoms with E-state index in [9.17, 15) is 14.9 Å². The molecule has 0 fully saturated rings. The van der Waals surface area contributed by atoms with Gasteiger partial charge in [-0.3, -0.25) is 19.8 Å². The highest BCUT2D eigenvalue weighted by Gasteiger charge is 2.17. The lowest BCUT2D eigenvalue weighted by Gasteiger charge is -2.22. The van der Waals surface area contributed by atoms with Gasteiger partial charge in [-0.1, -0.05) is 12.1 Å². The van der Waals surface area contributed by atoms with Crippen LogP contribution in [-0.4, -0.2) is 36.4 Å². The van der Waals surface area contributed by atoms with Crippen LogP contribution >= 0.6 is 0 Å². The fourth-order valence-corrected chi connectivity index (χ4v) is 2.23. The van der Waals surface area contributed by atoms with Crippen molar-refractivity contribution in [2.45, 2.75) is 6.04 Å². The van der Waals surface area contributed by atoms with Crippen molar-refractivity contribution in [3.8, 4) is 0 Å². The lowest BCUT2D eigenvalue weighted by atomic mass is 10.1. The summed E-state index contributed by atoms with van der Waals surface area (Å²) in [4.78, 5) is 24.4. The summed E-state index contributed by atoms with van der Waals surface area (Å²) < 4.78 is 5.37. The van der Waals surface area contributed by atoms with E-state index >= 15 is 0 Å². The lowest BCUT2D eigenvalue weighted by Crippen LogP contribution is -2.33. The average molecular weight is 329 g/mol. The molecule has 0 radical (unpaired) electrons. The predicted molar refractivity (Wildman–Crippen MR) is 90.3 cm³/mol. The van der Waals surface area contributed by atoms with Crippen molar-refractivity contribution in [2.24, 2.45) is 0 Å². The molecule has 7 nitrogen and oxygen atoms in total. The normalized spacial score (nSPS) is 12.5. The van der Waals surface area contributed by atoms with E-state index in [0.29, 0.717) is 12.1 Å². The first-order chi connectivity index (χ1) is 11.5. The minimum Gasteiger partial charge on any atom is -0.468 e. The van der Waals surface area contributed by atoms with Crippen molar-refractivity contribution in [3.63, 3.8) is 0 Å². The Hall–Kier alpha value is -2.93. The predicted octanol–water partition coefficient (Wildman–Crippen LogP) is 2.62. The van der Waals surface area contributed by atoms with E-state index in [1.165, 1.54) is 18.2 Å². The van der Waals surface area contributed by atoms with E-state index < -0.39 is 4.92 Å². The Morgan fingerprint density at radius 3 is 2.71 bits per heavy atom. The second-order valence-electron chi connectivity index (χ2n) is 5.39. The molecule has 1 atom stereocenters. The Labute approximate surface area is 139 Å². The average Bonchev–Trinajstić information content (AvgIpc) is 3.07. The molecule has 1 unspecified atom stereocenters. The minimum absolute atomic E-state index is 0.0386. The SMILES string of the molecule is CN(C)C(CNC(=O)/C=C/c1ccccc1[N+](=O)[O-])c1ccco1. The number of nitrogens with one attached hydrogen (secondary N) is 1. The number of likely N-dealkylation sites (N-methyl/N-ethyl adjacent to an activating group) is 1. The van der Waals surface area contributed by atoms with Crippen LogP contribution in [0.5, 0.6) is 0 Å². The molecule has 2 rings (SSSR count). The summed E-state index contributed by atoms with van der Waals surface area (Å²) in [6.45, 7) is 0.362. The molecular formula is C17H19N3O4. The molecule has 0 saturated heterocycles. The monoisotopic (exact) mass is 329 g/mol. The number of hydrogen-bond donors (Lipinski definition) is 1. The Kier molecular flexibility index (Phi) is 5.86. The van der Waals surface area contributed by atoms with Gasteiger partial charge in [-0.25, -0.2) is 0 Å². The minimum atomic E-state index is -0.476. The number of nitro benzene ring substituents is 1. The smallest absolute Gasteiger partial charge is 0.276 e. The molecule has 7 heteroatoms.